The number of alkyl halides is 3. The fraction of sp³-hybridized carbons (Fsp3) is 0.375. The molecule has 0 bridgehead atoms. The molecular weight excluding hydrogens is 347 g/mol. The van der Waals surface area contributed by atoms with Crippen molar-refractivity contribution in [2.45, 2.75) is 12.2 Å². The van der Waals surface area contributed by atoms with Crippen molar-refractivity contribution in [3.05, 3.63) is 19.8 Å². The summed E-state index contributed by atoms with van der Waals surface area (Å²) in [5.74, 6) is -1.39. The van der Waals surface area contributed by atoms with Crippen molar-refractivity contribution in [1.82, 2.24) is 5.32 Å². The Hall–Kier alpha value is -0.310. The summed E-state index contributed by atoms with van der Waals surface area (Å²) < 4.78 is 36.7. The van der Waals surface area contributed by atoms with E-state index in [0.29, 0.717) is 8.81 Å². The topological polar surface area (TPSA) is 49.3 Å². The molecule has 0 saturated carbocycles. The standard InChI is InChI=1S/C8H6BrClF3NO2S/c9-3-1-4(17-6(3)10)5(7(15)16)14-2-8(11,12)13/h1,5,14H,2H2,(H,15,16). The van der Waals surface area contributed by atoms with Crippen molar-refractivity contribution in [2.75, 3.05) is 6.54 Å². The van der Waals surface area contributed by atoms with Gasteiger partial charge in [-0.15, -0.1) is 11.3 Å². The summed E-state index contributed by atoms with van der Waals surface area (Å²) in [5, 5.41) is 10.8. The van der Waals surface area contributed by atoms with Crippen LogP contribution in [0.15, 0.2) is 10.5 Å². The smallest absolute Gasteiger partial charge is 0.401 e. The van der Waals surface area contributed by atoms with Gasteiger partial charge >= 0.3 is 12.1 Å². The summed E-state index contributed by atoms with van der Waals surface area (Å²) in [6.45, 7) is -1.38. The molecule has 0 saturated heterocycles. The molecule has 1 heterocycles. The Kier molecular flexibility index (Phi) is 4.82. The Bertz CT molecular complexity index is 404. The van der Waals surface area contributed by atoms with Crippen LogP contribution >= 0.6 is 38.9 Å². The average Bonchev–Trinajstić information content (AvgIpc) is 2.44. The third-order valence-electron chi connectivity index (χ3n) is 1.70. The first-order valence-corrected chi connectivity index (χ1v) is 6.17. The highest BCUT2D eigenvalue weighted by Gasteiger charge is 2.31. The van der Waals surface area contributed by atoms with Gasteiger partial charge in [-0.25, -0.2) is 0 Å². The van der Waals surface area contributed by atoms with Crippen LogP contribution in [0.1, 0.15) is 10.9 Å². The van der Waals surface area contributed by atoms with Crippen LogP contribution in [0, 0.1) is 0 Å². The Balaban J connectivity index is 2.83. The van der Waals surface area contributed by atoms with Gasteiger partial charge in [-0.05, 0) is 22.0 Å². The summed E-state index contributed by atoms with van der Waals surface area (Å²) in [6, 6.07) is -0.0414. The zero-order chi connectivity index (χ0) is 13.2. The molecule has 0 aliphatic rings. The van der Waals surface area contributed by atoms with Crippen LogP contribution in [0.3, 0.4) is 0 Å². The van der Waals surface area contributed by atoms with Crippen LogP contribution < -0.4 is 5.32 Å². The second-order valence-electron chi connectivity index (χ2n) is 3.04. The predicted octanol–water partition coefficient (Wildman–Crippen LogP) is 3.44. The van der Waals surface area contributed by atoms with E-state index in [-0.39, 0.29) is 4.88 Å². The van der Waals surface area contributed by atoms with Gasteiger partial charge in [-0.1, -0.05) is 11.6 Å². The van der Waals surface area contributed by atoms with E-state index in [2.05, 4.69) is 15.9 Å². The molecule has 1 rings (SSSR count). The van der Waals surface area contributed by atoms with Crippen molar-refractivity contribution >= 4 is 44.8 Å². The molecular formula is C8H6BrClF3NO2S. The summed E-state index contributed by atoms with van der Waals surface area (Å²) in [7, 11) is 0. The van der Waals surface area contributed by atoms with E-state index in [1.165, 1.54) is 6.07 Å². The number of rotatable bonds is 4. The summed E-state index contributed by atoms with van der Waals surface area (Å²) >= 11 is 9.67. The van der Waals surface area contributed by atoms with Gasteiger partial charge in [0.05, 0.1) is 6.54 Å². The van der Waals surface area contributed by atoms with Crippen molar-refractivity contribution in [3.8, 4) is 0 Å². The van der Waals surface area contributed by atoms with E-state index in [9.17, 15) is 18.0 Å². The first kappa shape index (κ1) is 14.7. The Morgan fingerprint density at radius 3 is 2.59 bits per heavy atom. The van der Waals surface area contributed by atoms with Crippen molar-refractivity contribution in [1.29, 1.82) is 0 Å². The number of carbonyl (C=O) groups is 1. The van der Waals surface area contributed by atoms with Gasteiger partial charge in [-0.2, -0.15) is 13.2 Å². The molecule has 0 spiro atoms. The SMILES string of the molecule is O=C(O)C(NCC(F)(F)F)c1cc(Br)c(Cl)s1. The van der Waals surface area contributed by atoms with Gasteiger partial charge in [0.25, 0.3) is 0 Å². The van der Waals surface area contributed by atoms with Crippen LogP contribution in [-0.4, -0.2) is 23.8 Å². The molecule has 17 heavy (non-hydrogen) atoms. The third kappa shape index (κ3) is 4.46. The number of thiophene rings is 1. The molecule has 9 heteroatoms. The van der Waals surface area contributed by atoms with Crippen LogP contribution in [0.5, 0.6) is 0 Å². The van der Waals surface area contributed by atoms with Crippen molar-refractivity contribution in [2.24, 2.45) is 0 Å². The van der Waals surface area contributed by atoms with Crippen LogP contribution in [-0.2, 0) is 4.79 Å². The number of hydrogen-bond acceptors (Lipinski definition) is 3. The lowest BCUT2D eigenvalue weighted by Crippen LogP contribution is -2.35. The Morgan fingerprint density at radius 2 is 2.24 bits per heavy atom. The molecule has 1 aromatic rings. The monoisotopic (exact) mass is 351 g/mol. The van der Waals surface area contributed by atoms with E-state index in [4.69, 9.17) is 16.7 Å². The number of carboxylic acid groups (broad SMARTS) is 1. The Labute approximate surface area is 112 Å². The molecule has 1 atom stereocenters. The van der Waals surface area contributed by atoms with E-state index in [1.54, 1.807) is 0 Å². The molecule has 0 aromatic carbocycles. The largest absolute Gasteiger partial charge is 0.480 e. The lowest BCUT2D eigenvalue weighted by molar-refractivity contribution is -0.143. The highest BCUT2D eigenvalue weighted by Crippen LogP contribution is 2.35. The zero-order valence-corrected chi connectivity index (χ0v) is 11.2. The minimum atomic E-state index is -4.47. The molecule has 1 unspecified atom stereocenters. The first-order valence-electron chi connectivity index (χ1n) is 4.18. The maximum atomic E-state index is 12.0. The van der Waals surface area contributed by atoms with E-state index < -0.39 is 24.7 Å². The molecule has 0 fully saturated rings. The second-order valence-corrected chi connectivity index (χ2v) is 5.58. The maximum absolute atomic E-state index is 12.0. The van der Waals surface area contributed by atoms with Crippen molar-refractivity contribution in [3.63, 3.8) is 0 Å². The van der Waals surface area contributed by atoms with Crippen LogP contribution in [0.4, 0.5) is 13.2 Å². The average molecular weight is 353 g/mol. The highest BCUT2D eigenvalue weighted by atomic mass is 79.9. The zero-order valence-electron chi connectivity index (χ0n) is 8.02. The van der Waals surface area contributed by atoms with E-state index >= 15 is 0 Å². The van der Waals surface area contributed by atoms with Crippen LogP contribution in [0.25, 0.3) is 0 Å². The quantitative estimate of drug-likeness (QED) is 0.873. The number of carboxylic acids is 1. The number of halogens is 5. The first-order chi connectivity index (χ1) is 7.70. The van der Waals surface area contributed by atoms with Gasteiger partial charge in [0.2, 0.25) is 0 Å². The van der Waals surface area contributed by atoms with E-state index in [0.717, 1.165) is 11.3 Å². The maximum Gasteiger partial charge on any atom is 0.401 e. The fourth-order valence-corrected chi connectivity index (χ4v) is 2.84. The van der Waals surface area contributed by atoms with Gasteiger partial charge in [-0.3, -0.25) is 10.1 Å². The summed E-state index contributed by atoms with van der Waals surface area (Å²) in [4.78, 5) is 11.1. The predicted molar refractivity (Wildman–Crippen MR) is 61.5 cm³/mol. The lowest BCUT2D eigenvalue weighted by atomic mass is 10.2. The second kappa shape index (κ2) is 5.55. The molecule has 0 aliphatic carbocycles. The van der Waals surface area contributed by atoms with Crippen molar-refractivity contribution < 1.29 is 23.1 Å². The number of hydrogen-bond donors (Lipinski definition) is 2. The van der Waals surface area contributed by atoms with E-state index in [1.807, 2.05) is 5.32 Å². The summed E-state index contributed by atoms with van der Waals surface area (Å²) in [6.07, 6.45) is -4.47. The Morgan fingerprint density at radius 1 is 1.65 bits per heavy atom. The molecule has 3 nitrogen and oxygen atoms in total. The molecule has 0 aliphatic heterocycles. The van der Waals surface area contributed by atoms with Gasteiger partial charge < -0.3 is 5.11 Å². The molecule has 0 radical (unpaired) electrons. The molecule has 2 N–H and O–H groups in total. The van der Waals surface area contributed by atoms with Gasteiger partial charge in [0.1, 0.15) is 10.4 Å². The lowest BCUT2D eigenvalue weighted by Gasteiger charge is -2.14. The molecule has 96 valence electrons. The van der Waals surface area contributed by atoms with Gasteiger partial charge in [0.15, 0.2) is 0 Å². The third-order valence-corrected chi connectivity index (χ3v) is 4.24. The fourth-order valence-electron chi connectivity index (χ4n) is 1.03. The summed E-state index contributed by atoms with van der Waals surface area (Å²) in [5.41, 5.74) is 0. The number of aliphatic carboxylic acids is 1. The molecule has 1 aromatic heterocycles. The number of nitrogens with one attached hydrogen (secondary N) is 1. The normalized spacial score (nSPS) is 13.7. The molecule has 0 amide bonds. The van der Waals surface area contributed by atoms with Crippen LogP contribution in [0.2, 0.25) is 4.34 Å². The minimum Gasteiger partial charge on any atom is -0.480 e. The minimum absolute atomic E-state index is 0.207. The highest BCUT2D eigenvalue weighted by molar-refractivity contribution is 9.10. The van der Waals surface area contributed by atoms with Gasteiger partial charge in [0, 0.05) is 9.35 Å².